The summed E-state index contributed by atoms with van der Waals surface area (Å²) in [7, 11) is 0. The lowest BCUT2D eigenvalue weighted by atomic mass is 9.77. The maximum Gasteiger partial charge on any atom is 0.202 e. The summed E-state index contributed by atoms with van der Waals surface area (Å²) in [4.78, 5) is 22.8. The van der Waals surface area contributed by atoms with Crippen LogP contribution in [0.15, 0.2) is 0 Å². The first-order valence-electron chi connectivity index (χ1n) is 4.87. The number of rotatable bonds is 0. The topological polar surface area (TPSA) is 54.4 Å². The molecule has 0 spiro atoms. The molecule has 0 aromatic heterocycles. The van der Waals surface area contributed by atoms with Crippen LogP contribution in [0.4, 0.5) is 0 Å². The van der Waals surface area contributed by atoms with E-state index in [0.29, 0.717) is 19.3 Å². The lowest BCUT2D eigenvalue weighted by Crippen LogP contribution is -2.28. The zero-order valence-electron chi connectivity index (χ0n) is 7.69. The Morgan fingerprint density at radius 2 is 1.92 bits per heavy atom. The number of hydrogen-bond donors (Lipinski definition) is 1. The quantitative estimate of drug-likeness (QED) is 0.557. The molecule has 0 heterocycles. The van der Waals surface area contributed by atoms with Gasteiger partial charge in [0, 0.05) is 11.8 Å². The van der Waals surface area contributed by atoms with Gasteiger partial charge < -0.3 is 5.11 Å². The van der Waals surface area contributed by atoms with Crippen LogP contribution in [0.1, 0.15) is 26.2 Å². The van der Waals surface area contributed by atoms with Crippen LogP contribution in [-0.2, 0) is 9.59 Å². The van der Waals surface area contributed by atoms with E-state index in [0.717, 1.165) is 0 Å². The predicted octanol–water partition coefficient (Wildman–Crippen LogP) is 0.551. The molecule has 2 aliphatic carbocycles. The number of Topliss-reactive ketones (excluding diaryl/α,β-unsaturated/α-hetero) is 2. The number of hydrogen-bond acceptors (Lipinski definition) is 3. The van der Waals surface area contributed by atoms with Crippen LogP contribution in [0.3, 0.4) is 0 Å². The fourth-order valence-electron chi connectivity index (χ4n) is 2.66. The van der Waals surface area contributed by atoms with E-state index < -0.39 is 0 Å². The van der Waals surface area contributed by atoms with Crippen molar-refractivity contribution in [1.82, 2.24) is 0 Å². The summed E-state index contributed by atoms with van der Waals surface area (Å²) in [6, 6.07) is 0. The number of carbonyl (C=O) groups is 2. The van der Waals surface area contributed by atoms with Crippen molar-refractivity contribution >= 4 is 11.6 Å². The maximum absolute atomic E-state index is 11.4. The van der Waals surface area contributed by atoms with Crippen molar-refractivity contribution in [1.29, 1.82) is 0 Å². The molecule has 0 radical (unpaired) electrons. The number of carbonyl (C=O) groups excluding carboxylic acids is 2. The van der Waals surface area contributed by atoms with E-state index in [1.54, 1.807) is 0 Å². The standard InChI is InChI=1S/C10H14O3/c1-5-8-4-6(11)2-3-7(8)10(13)9(5)12/h5-8,11H,2-4H2,1H3. The molecule has 2 aliphatic rings. The van der Waals surface area contributed by atoms with E-state index in [9.17, 15) is 14.7 Å². The molecule has 13 heavy (non-hydrogen) atoms. The van der Waals surface area contributed by atoms with Crippen molar-refractivity contribution < 1.29 is 14.7 Å². The number of fused-ring (bicyclic) bond motifs is 1. The van der Waals surface area contributed by atoms with E-state index in [2.05, 4.69) is 0 Å². The molecule has 4 atom stereocenters. The normalized spacial score (nSPS) is 45.1. The van der Waals surface area contributed by atoms with E-state index in [1.807, 2.05) is 6.92 Å². The minimum absolute atomic E-state index is 0.0779. The fourth-order valence-corrected chi connectivity index (χ4v) is 2.66. The Kier molecular flexibility index (Phi) is 1.99. The van der Waals surface area contributed by atoms with Crippen molar-refractivity contribution in [2.24, 2.45) is 17.8 Å². The van der Waals surface area contributed by atoms with Crippen molar-refractivity contribution in [3.63, 3.8) is 0 Å². The molecule has 3 heteroatoms. The highest BCUT2D eigenvalue weighted by atomic mass is 16.3. The van der Waals surface area contributed by atoms with Crippen LogP contribution in [0.25, 0.3) is 0 Å². The Morgan fingerprint density at radius 1 is 1.23 bits per heavy atom. The molecule has 0 bridgehead atoms. The average molecular weight is 182 g/mol. The third-order valence-electron chi connectivity index (χ3n) is 3.51. The summed E-state index contributed by atoms with van der Waals surface area (Å²) in [5, 5.41) is 9.42. The van der Waals surface area contributed by atoms with Crippen LogP contribution in [0, 0.1) is 17.8 Å². The Bertz CT molecular complexity index is 259. The highest BCUT2D eigenvalue weighted by Gasteiger charge is 2.48. The third-order valence-corrected chi connectivity index (χ3v) is 3.51. The molecule has 0 aromatic carbocycles. The largest absolute Gasteiger partial charge is 0.393 e. The van der Waals surface area contributed by atoms with Crippen molar-refractivity contribution in [2.45, 2.75) is 32.3 Å². The van der Waals surface area contributed by atoms with Crippen molar-refractivity contribution in [3.8, 4) is 0 Å². The van der Waals surface area contributed by atoms with Crippen LogP contribution in [0.2, 0.25) is 0 Å². The first-order chi connectivity index (χ1) is 6.11. The highest BCUT2D eigenvalue weighted by Crippen LogP contribution is 2.41. The molecule has 2 fully saturated rings. The second-order valence-electron chi connectivity index (χ2n) is 4.25. The minimum Gasteiger partial charge on any atom is -0.393 e. The Labute approximate surface area is 77.1 Å². The predicted molar refractivity (Wildman–Crippen MR) is 46.0 cm³/mol. The monoisotopic (exact) mass is 182 g/mol. The summed E-state index contributed by atoms with van der Waals surface area (Å²) >= 11 is 0. The molecule has 4 unspecified atom stereocenters. The molecule has 3 nitrogen and oxygen atoms in total. The summed E-state index contributed by atoms with van der Waals surface area (Å²) in [6.45, 7) is 1.81. The molecule has 2 saturated carbocycles. The van der Waals surface area contributed by atoms with Gasteiger partial charge in [-0.05, 0) is 25.2 Å². The summed E-state index contributed by atoms with van der Waals surface area (Å²) < 4.78 is 0. The number of aliphatic hydroxyl groups excluding tert-OH is 1. The summed E-state index contributed by atoms with van der Waals surface area (Å²) in [6.07, 6.45) is 1.69. The molecular weight excluding hydrogens is 168 g/mol. The van der Waals surface area contributed by atoms with Gasteiger partial charge in [-0.25, -0.2) is 0 Å². The van der Waals surface area contributed by atoms with Gasteiger partial charge in [0.2, 0.25) is 11.6 Å². The van der Waals surface area contributed by atoms with Gasteiger partial charge in [-0.15, -0.1) is 0 Å². The van der Waals surface area contributed by atoms with E-state index >= 15 is 0 Å². The van der Waals surface area contributed by atoms with Gasteiger partial charge >= 0.3 is 0 Å². The molecule has 0 aliphatic heterocycles. The van der Waals surface area contributed by atoms with Gasteiger partial charge in [-0.3, -0.25) is 9.59 Å². The smallest absolute Gasteiger partial charge is 0.202 e. The molecular formula is C10H14O3. The number of aliphatic hydroxyl groups is 1. The fraction of sp³-hybridized carbons (Fsp3) is 0.800. The van der Waals surface area contributed by atoms with Gasteiger partial charge in [0.25, 0.3) is 0 Å². The highest BCUT2D eigenvalue weighted by molar-refractivity contribution is 6.40. The first-order valence-corrected chi connectivity index (χ1v) is 4.87. The SMILES string of the molecule is CC1C(=O)C(=O)C2CCC(O)CC12. The van der Waals surface area contributed by atoms with E-state index in [1.165, 1.54) is 0 Å². The van der Waals surface area contributed by atoms with Crippen LogP contribution >= 0.6 is 0 Å². The Balaban J connectivity index is 2.22. The second-order valence-corrected chi connectivity index (χ2v) is 4.25. The third kappa shape index (κ3) is 1.22. The van der Waals surface area contributed by atoms with Gasteiger partial charge in [0.05, 0.1) is 6.10 Å². The van der Waals surface area contributed by atoms with E-state index in [-0.39, 0.29) is 35.4 Å². The lowest BCUT2D eigenvalue weighted by molar-refractivity contribution is -0.137. The average Bonchev–Trinajstić information content (AvgIpc) is 2.32. The van der Waals surface area contributed by atoms with Gasteiger partial charge in [0.15, 0.2) is 0 Å². The van der Waals surface area contributed by atoms with Crippen LogP contribution in [0.5, 0.6) is 0 Å². The summed E-state index contributed by atoms with van der Waals surface area (Å²) in [5.41, 5.74) is 0. The van der Waals surface area contributed by atoms with Crippen molar-refractivity contribution in [3.05, 3.63) is 0 Å². The maximum atomic E-state index is 11.4. The Morgan fingerprint density at radius 3 is 2.62 bits per heavy atom. The Hall–Kier alpha value is -0.700. The molecule has 0 aromatic rings. The van der Waals surface area contributed by atoms with Gasteiger partial charge in [-0.2, -0.15) is 0 Å². The van der Waals surface area contributed by atoms with Gasteiger partial charge in [-0.1, -0.05) is 6.92 Å². The van der Waals surface area contributed by atoms with E-state index in [4.69, 9.17) is 0 Å². The molecule has 2 rings (SSSR count). The number of ketones is 2. The van der Waals surface area contributed by atoms with Gasteiger partial charge in [0.1, 0.15) is 0 Å². The molecule has 72 valence electrons. The summed E-state index contributed by atoms with van der Waals surface area (Å²) in [5.74, 6) is -0.532. The molecule has 1 N–H and O–H groups in total. The second kappa shape index (κ2) is 2.91. The molecule has 0 saturated heterocycles. The zero-order valence-corrected chi connectivity index (χ0v) is 7.69. The zero-order chi connectivity index (χ0) is 9.59. The van der Waals surface area contributed by atoms with Crippen molar-refractivity contribution in [2.75, 3.05) is 0 Å². The first kappa shape index (κ1) is 8.88. The molecule has 0 amide bonds. The lowest BCUT2D eigenvalue weighted by Gasteiger charge is -2.28. The minimum atomic E-state index is -0.303. The van der Waals surface area contributed by atoms with Crippen LogP contribution in [-0.4, -0.2) is 22.8 Å². The van der Waals surface area contributed by atoms with Crippen LogP contribution < -0.4 is 0 Å².